The number of carbonyl (C=O) groups excluding carboxylic acids is 1. The zero-order chi connectivity index (χ0) is 13.8. The van der Waals surface area contributed by atoms with Crippen LogP contribution in [0, 0.1) is 0 Å². The van der Waals surface area contributed by atoms with E-state index < -0.39 is 0 Å². The number of nitrogen functional groups attached to an aromatic ring is 1. The van der Waals surface area contributed by atoms with Crippen molar-refractivity contribution < 1.29 is 9.53 Å². The van der Waals surface area contributed by atoms with E-state index in [1.54, 1.807) is 13.2 Å². The third-order valence-corrected chi connectivity index (χ3v) is 3.73. The highest BCUT2D eigenvalue weighted by Crippen LogP contribution is 2.22. The van der Waals surface area contributed by atoms with Gasteiger partial charge in [-0.2, -0.15) is 0 Å². The number of benzene rings is 1. The van der Waals surface area contributed by atoms with Gasteiger partial charge in [0.05, 0.1) is 18.0 Å². The molecule has 19 heavy (non-hydrogen) atoms. The van der Waals surface area contributed by atoms with Crippen LogP contribution in [0.25, 0.3) is 0 Å². The number of rotatable bonds is 4. The minimum atomic E-state index is -0.0994. The van der Waals surface area contributed by atoms with Crippen molar-refractivity contribution in [1.82, 2.24) is 5.32 Å². The number of anilines is 1. The van der Waals surface area contributed by atoms with Crippen LogP contribution in [0.5, 0.6) is 5.75 Å². The Balaban J connectivity index is 2.04. The van der Waals surface area contributed by atoms with E-state index in [0.29, 0.717) is 16.3 Å². The van der Waals surface area contributed by atoms with E-state index in [1.807, 2.05) is 36.6 Å². The van der Waals surface area contributed by atoms with Gasteiger partial charge in [0, 0.05) is 17.1 Å². The van der Waals surface area contributed by atoms with Crippen molar-refractivity contribution in [3.63, 3.8) is 0 Å². The number of hydrogen-bond acceptors (Lipinski definition) is 4. The van der Waals surface area contributed by atoms with Gasteiger partial charge in [-0.1, -0.05) is 12.1 Å². The molecule has 100 valence electrons. The summed E-state index contributed by atoms with van der Waals surface area (Å²) in [6, 6.07) is 9.14. The Morgan fingerprint density at radius 3 is 2.63 bits per heavy atom. The maximum Gasteiger partial charge on any atom is 0.261 e. The zero-order valence-corrected chi connectivity index (χ0v) is 11.7. The Kier molecular flexibility index (Phi) is 4.06. The molecule has 5 heteroatoms. The van der Waals surface area contributed by atoms with Crippen LogP contribution in [0.3, 0.4) is 0 Å². The molecule has 0 radical (unpaired) electrons. The molecule has 2 rings (SSSR count). The molecule has 0 bridgehead atoms. The van der Waals surface area contributed by atoms with Gasteiger partial charge in [-0.15, -0.1) is 11.3 Å². The molecule has 4 nitrogen and oxygen atoms in total. The van der Waals surface area contributed by atoms with Crippen LogP contribution >= 0.6 is 11.3 Å². The van der Waals surface area contributed by atoms with Crippen molar-refractivity contribution in [3.8, 4) is 5.75 Å². The summed E-state index contributed by atoms with van der Waals surface area (Å²) in [6.07, 6.45) is 0. The van der Waals surface area contributed by atoms with Crippen molar-refractivity contribution in [2.75, 3.05) is 12.8 Å². The van der Waals surface area contributed by atoms with Crippen molar-refractivity contribution in [2.24, 2.45) is 0 Å². The first-order valence-corrected chi connectivity index (χ1v) is 6.77. The lowest BCUT2D eigenvalue weighted by atomic mass is 10.1. The Morgan fingerprint density at radius 1 is 1.37 bits per heavy atom. The van der Waals surface area contributed by atoms with Crippen molar-refractivity contribution >= 4 is 22.9 Å². The molecule has 1 aromatic carbocycles. The highest BCUT2D eigenvalue weighted by Gasteiger charge is 2.13. The molecule has 0 saturated heterocycles. The second kappa shape index (κ2) is 5.75. The fourth-order valence-electron chi connectivity index (χ4n) is 1.68. The molecule has 3 N–H and O–H groups in total. The van der Waals surface area contributed by atoms with Crippen LogP contribution in [0.15, 0.2) is 35.7 Å². The van der Waals surface area contributed by atoms with Gasteiger partial charge in [-0.05, 0) is 24.6 Å². The third-order valence-electron chi connectivity index (χ3n) is 2.82. The van der Waals surface area contributed by atoms with E-state index >= 15 is 0 Å². The van der Waals surface area contributed by atoms with Gasteiger partial charge in [0.2, 0.25) is 0 Å². The summed E-state index contributed by atoms with van der Waals surface area (Å²) in [5, 5.41) is 4.75. The molecule has 0 aliphatic carbocycles. The predicted octanol–water partition coefficient (Wildman–Crippen LogP) is 2.83. The molecule has 1 atom stereocenters. The van der Waals surface area contributed by atoms with Gasteiger partial charge in [-0.25, -0.2) is 0 Å². The molecular formula is C14H16N2O2S. The van der Waals surface area contributed by atoms with Crippen LogP contribution < -0.4 is 15.8 Å². The quantitative estimate of drug-likeness (QED) is 0.844. The molecule has 2 aromatic rings. The fourth-order valence-corrected chi connectivity index (χ4v) is 2.44. The van der Waals surface area contributed by atoms with E-state index in [4.69, 9.17) is 10.5 Å². The average molecular weight is 276 g/mol. The van der Waals surface area contributed by atoms with E-state index in [-0.39, 0.29) is 11.9 Å². The number of nitrogens with one attached hydrogen (secondary N) is 1. The third kappa shape index (κ3) is 3.26. The monoisotopic (exact) mass is 276 g/mol. The highest BCUT2D eigenvalue weighted by atomic mass is 32.1. The Hall–Kier alpha value is -2.01. The van der Waals surface area contributed by atoms with Gasteiger partial charge in [0.15, 0.2) is 0 Å². The number of nitrogens with two attached hydrogens (primary N) is 1. The number of hydrogen-bond donors (Lipinski definition) is 2. The lowest BCUT2D eigenvalue weighted by molar-refractivity contribution is 0.0944. The topological polar surface area (TPSA) is 64.3 Å². The Bertz CT molecular complexity index is 563. The Labute approximate surface area is 116 Å². The largest absolute Gasteiger partial charge is 0.496 e. The summed E-state index contributed by atoms with van der Waals surface area (Å²) >= 11 is 1.36. The van der Waals surface area contributed by atoms with Gasteiger partial charge in [0.1, 0.15) is 5.75 Å². The zero-order valence-electron chi connectivity index (χ0n) is 10.8. The lowest BCUT2D eigenvalue weighted by Crippen LogP contribution is -2.25. The molecule has 1 amide bonds. The molecule has 0 saturated carbocycles. The van der Waals surface area contributed by atoms with E-state index in [0.717, 1.165) is 5.56 Å². The van der Waals surface area contributed by atoms with Crippen LogP contribution in [0.4, 0.5) is 5.69 Å². The first kappa shape index (κ1) is 13.4. The first-order chi connectivity index (χ1) is 9.10. The maximum absolute atomic E-state index is 12.0. The van der Waals surface area contributed by atoms with E-state index in [2.05, 4.69) is 5.32 Å². The average Bonchev–Trinajstić information content (AvgIpc) is 2.88. The molecular weight excluding hydrogens is 260 g/mol. The van der Waals surface area contributed by atoms with E-state index in [9.17, 15) is 4.79 Å². The molecule has 1 unspecified atom stereocenters. The summed E-state index contributed by atoms with van der Waals surface area (Å²) in [5.74, 6) is 0.605. The van der Waals surface area contributed by atoms with Crippen LogP contribution in [-0.2, 0) is 0 Å². The fraction of sp³-hybridized carbons (Fsp3) is 0.214. The minimum Gasteiger partial charge on any atom is -0.496 e. The summed E-state index contributed by atoms with van der Waals surface area (Å²) in [4.78, 5) is 12.7. The molecule has 0 aliphatic heterocycles. The lowest BCUT2D eigenvalue weighted by Gasteiger charge is -2.13. The number of thiophene rings is 1. The van der Waals surface area contributed by atoms with Crippen LogP contribution in [0.2, 0.25) is 0 Å². The van der Waals surface area contributed by atoms with Crippen LogP contribution in [-0.4, -0.2) is 13.0 Å². The van der Waals surface area contributed by atoms with Gasteiger partial charge in [0.25, 0.3) is 5.91 Å². The molecule has 0 aliphatic rings. The maximum atomic E-state index is 12.0. The van der Waals surface area contributed by atoms with Gasteiger partial charge >= 0.3 is 0 Å². The molecule has 1 heterocycles. The normalized spacial score (nSPS) is 11.9. The Morgan fingerprint density at radius 2 is 2.05 bits per heavy atom. The van der Waals surface area contributed by atoms with Gasteiger partial charge < -0.3 is 15.8 Å². The van der Waals surface area contributed by atoms with Crippen molar-refractivity contribution in [2.45, 2.75) is 13.0 Å². The standard InChI is InChI=1S/C14H16N2O2S/c1-9(10-3-5-11(15)6-4-10)16-14(17)13-7-12(18-2)8-19-13/h3-9H,15H2,1-2H3,(H,16,17). The summed E-state index contributed by atoms with van der Waals surface area (Å²) in [5.41, 5.74) is 7.37. The minimum absolute atomic E-state index is 0.0683. The van der Waals surface area contributed by atoms with Gasteiger partial charge in [-0.3, -0.25) is 4.79 Å². The molecule has 0 spiro atoms. The first-order valence-electron chi connectivity index (χ1n) is 5.89. The van der Waals surface area contributed by atoms with Crippen molar-refractivity contribution in [3.05, 3.63) is 46.2 Å². The number of carbonyl (C=O) groups is 1. The number of methoxy groups -OCH3 is 1. The number of ether oxygens (including phenoxy) is 1. The van der Waals surface area contributed by atoms with Crippen LogP contribution in [0.1, 0.15) is 28.2 Å². The summed E-state index contributed by atoms with van der Waals surface area (Å²) in [6.45, 7) is 1.94. The molecule has 0 fully saturated rings. The SMILES string of the molecule is COc1csc(C(=O)NC(C)c2ccc(N)cc2)c1. The summed E-state index contributed by atoms with van der Waals surface area (Å²) < 4.78 is 5.06. The second-order valence-electron chi connectivity index (χ2n) is 4.21. The highest BCUT2D eigenvalue weighted by molar-refractivity contribution is 7.12. The predicted molar refractivity (Wildman–Crippen MR) is 77.6 cm³/mol. The van der Waals surface area contributed by atoms with E-state index in [1.165, 1.54) is 11.3 Å². The summed E-state index contributed by atoms with van der Waals surface area (Å²) in [7, 11) is 1.58. The smallest absolute Gasteiger partial charge is 0.261 e. The van der Waals surface area contributed by atoms with Crippen molar-refractivity contribution in [1.29, 1.82) is 0 Å². The number of amides is 1. The molecule has 1 aromatic heterocycles. The second-order valence-corrected chi connectivity index (χ2v) is 5.12.